The Morgan fingerprint density at radius 2 is 2.06 bits per heavy atom. The van der Waals surface area contributed by atoms with E-state index >= 15 is 0 Å². The van der Waals surface area contributed by atoms with Crippen molar-refractivity contribution in [2.45, 2.75) is 45.7 Å². The van der Waals surface area contributed by atoms with Gasteiger partial charge in [-0.25, -0.2) is 4.98 Å². The number of likely N-dealkylation sites (tertiary alicyclic amines) is 1. The molecule has 1 aromatic heterocycles. The van der Waals surface area contributed by atoms with E-state index in [1.54, 1.807) is 0 Å². The van der Waals surface area contributed by atoms with Gasteiger partial charge in [-0.15, -0.1) is 11.3 Å². The SMILES string of the molecule is CNCc1sc(CN2CCCC2)nc1C(C)C. The van der Waals surface area contributed by atoms with Crippen LogP contribution in [-0.4, -0.2) is 30.0 Å². The smallest absolute Gasteiger partial charge is 0.107 e. The van der Waals surface area contributed by atoms with Crippen molar-refractivity contribution in [2.24, 2.45) is 0 Å². The van der Waals surface area contributed by atoms with Crippen LogP contribution in [0.15, 0.2) is 0 Å². The minimum atomic E-state index is 0.530. The number of nitrogens with zero attached hydrogens (tertiary/aromatic N) is 2. The summed E-state index contributed by atoms with van der Waals surface area (Å²) in [7, 11) is 2.00. The van der Waals surface area contributed by atoms with E-state index in [0.29, 0.717) is 5.92 Å². The van der Waals surface area contributed by atoms with Crippen LogP contribution in [0.2, 0.25) is 0 Å². The maximum atomic E-state index is 4.83. The lowest BCUT2D eigenvalue weighted by Gasteiger charge is -2.11. The molecular weight excluding hydrogens is 230 g/mol. The highest BCUT2D eigenvalue weighted by atomic mass is 32.1. The van der Waals surface area contributed by atoms with Crippen molar-refractivity contribution in [3.8, 4) is 0 Å². The molecule has 1 N–H and O–H groups in total. The normalized spacial score (nSPS) is 17.2. The topological polar surface area (TPSA) is 28.2 Å². The third-order valence-electron chi connectivity index (χ3n) is 3.21. The second kappa shape index (κ2) is 5.94. The van der Waals surface area contributed by atoms with Crippen molar-refractivity contribution in [1.29, 1.82) is 0 Å². The summed E-state index contributed by atoms with van der Waals surface area (Å²) < 4.78 is 0. The fraction of sp³-hybridized carbons (Fsp3) is 0.769. The first-order chi connectivity index (χ1) is 8.20. The van der Waals surface area contributed by atoms with Crippen LogP contribution in [0.25, 0.3) is 0 Å². The van der Waals surface area contributed by atoms with Gasteiger partial charge in [0.15, 0.2) is 0 Å². The lowest BCUT2D eigenvalue weighted by molar-refractivity contribution is 0.330. The summed E-state index contributed by atoms with van der Waals surface area (Å²) in [5.74, 6) is 0.530. The zero-order chi connectivity index (χ0) is 12.3. The zero-order valence-electron chi connectivity index (χ0n) is 11.1. The van der Waals surface area contributed by atoms with Crippen LogP contribution in [0.3, 0.4) is 0 Å². The third kappa shape index (κ3) is 3.27. The van der Waals surface area contributed by atoms with Crippen LogP contribution in [0.4, 0.5) is 0 Å². The molecule has 2 rings (SSSR count). The van der Waals surface area contributed by atoms with Crippen LogP contribution in [0.1, 0.15) is 48.2 Å². The first-order valence-electron chi connectivity index (χ1n) is 6.56. The molecule has 0 amide bonds. The Labute approximate surface area is 108 Å². The van der Waals surface area contributed by atoms with Gasteiger partial charge in [0.05, 0.1) is 12.2 Å². The van der Waals surface area contributed by atoms with Gasteiger partial charge in [-0.3, -0.25) is 4.90 Å². The molecule has 0 bridgehead atoms. The largest absolute Gasteiger partial charge is 0.315 e. The summed E-state index contributed by atoms with van der Waals surface area (Å²) >= 11 is 1.88. The number of hydrogen-bond donors (Lipinski definition) is 1. The second-order valence-corrected chi connectivity index (χ2v) is 6.25. The van der Waals surface area contributed by atoms with Crippen molar-refractivity contribution in [3.05, 3.63) is 15.6 Å². The van der Waals surface area contributed by atoms with Crippen LogP contribution >= 0.6 is 11.3 Å². The average Bonchev–Trinajstić information content (AvgIpc) is 2.89. The predicted octanol–water partition coefficient (Wildman–Crippen LogP) is 2.58. The Kier molecular flexibility index (Phi) is 4.54. The lowest BCUT2D eigenvalue weighted by atomic mass is 10.1. The predicted molar refractivity (Wildman–Crippen MR) is 73.5 cm³/mol. The molecule has 0 aliphatic carbocycles. The summed E-state index contributed by atoms with van der Waals surface area (Å²) in [6, 6.07) is 0. The molecule has 0 radical (unpaired) electrons. The van der Waals surface area contributed by atoms with Crippen LogP contribution < -0.4 is 5.32 Å². The molecule has 96 valence electrons. The summed E-state index contributed by atoms with van der Waals surface area (Å²) in [5, 5.41) is 4.54. The molecule has 0 unspecified atom stereocenters. The van der Waals surface area contributed by atoms with Gasteiger partial charge in [-0.05, 0) is 38.9 Å². The molecule has 1 aromatic rings. The first kappa shape index (κ1) is 13.0. The number of thiazole rings is 1. The number of nitrogens with one attached hydrogen (secondary N) is 1. The molecule has 17 heavy (non-hydrogen) atoms. The van der Waals surface area contributed by atoms with Crippen molar-refractivity contribution in [2.75, 3.05) is 20.1 Å². The van der Waals surface area contributed by atoms with Gasteiger partial charge in [0, 0.05) is 11.4 Å². The van der Waals surface area contributed by atoms with Crippen molar-refractivity contribution < 1.29 is 0 Å². The van der Waals surface area contributed by atoms with Crippen molar-refractivity contribution in [3.63, 3.8) is 0 Å². The number of aromatic nitrogens is 1. The van der Waals surface area contributed by atoms with E-state index < -0.39 is 0 Å². The maximum absolute atomic E-state index is 4.83. The zero-order valence-corrected chi connectivity index (χ0v) is 11.9. The summed E-state index contributed by atoms with van der Waals surface area (Å²) in [6.07, 6.45) is 2.71. The first-order valence-corrected chi connectivity index (χ1v) is 7.37. The van der Waals surface area contributed by atoms with Crippen LogP contribution in [0, 0.1) is 0 Å². The van der Waals surface area contributed by atoms with Gasteiger partial charge < -0.3 is 5.32 Å². The van der Waals surface area contributed by atoms with Gasteiger partial charge in [-0.2, -0.15) is 0 Å². The summed E-state index contributed by atoms with van der Waals surface area (Å²) in [6.45, 7) is 8.96. The van der Waals surface area contributed by atoms with E-state index in [1.165, 1.54) is 41.5 Å². The van der Waals surface area contributed by atoms with Crippen molar-refractivity contribution >= 4 is 11.3 Å². The highest BCUT2D eigenvalue weighted by Crippen LogP contribution is 2.26. The molecule has 0 saturated carbocycles. The molecule has 3 nitrogen and oxygen atoms in total. The van der Waals surface area contributed by atoms with E-state index in [1.807, 2.05) is 18.4 Å². The molecule has 0 spiro atoms. The average molecular weight is 253 g/mol. The summed E-state index contributed by atoms with van der Waals surface area (Å²) in [4.78, 5) is 8.76. The number of hydrogen-bond acceptors (Lipinski definition) is 4. The van der Waals surface area contributed by atoms with E-state index in [-0.39, 0.29) is 0 Å². The Morgan fingerprint density at radius 3 is 2.65 bits per heavy atom. The number of rotatable bonds is 5. The quantitative estimate of drug-likeness (QED) is 0.874. The molecular formula is C13H23N3S. The van der Waals surface area contributed by atoms with Gasteiger partial charge in [0.1, 0.15) is 5.01 Å². The fourth-order valence-corrected chi connectivity index (χ4v) is 3.63. The van der Waals surface area contributed by atoms with Crippen LogP contribution in [0.5, 0.6) is 0 Å². The Balaban J connectivity index is 2.08. The summed E-state index contributed by atoms with van der Waals surface area (Å²) in [5.41, 5.74) is 1.29. The van der Waals surface area contributed by atoms with E-state index in [0.717, 1.165) is 13.1 Å². The Bertz CT molecular complexity index is 354. The monoisotopic (exact) mass is 253 g/mol. The molecule has 1 saturated heterocycles. The highest BCUT2D eigenvalue weighted by Gasteiger charge is 2.17. The minimum absolute atomic E-state index is 0.530. The third-order valence-corrected chi connectivity index (χ3v) is 4.27. The van der Waals surface area contributed by atoms with Gasteiger partial charge in [0.2, 0.25) is 0 Å². The van der Waals surface area contributed by atoms with Gasteiger partial charge in [0.25, 0.3) is 0 Å². The molecule has 2 heterocycles. The van der Waals surface area contributed by atoms with Gasteiger partial charge >= 0.3 is 0 Å². The standard InChI is InChI=1S/C13H23N3S/c1-10(2)13-11(8-14-3)17-12(15-13)9-16-6-4-5-7-16/h10,14H,4-9H2,1-3H3. The molecule has 0 aromatic carbocycles. The van der Waals surface area contributed by atoms with Crippen molar-refractivity contribution in [1.82, 2.24) is 15.2 Å². The van der Waals surface area contributed by atoms with E-state index in [4.69, 9.17) is 4.98 Å². The van der Waals surface area contributed by atoms with Crippen LogP contribution in [-0.2, 0) is 13.1 Å². The maximum Gasteiger partial charge on any atom is 0.107 e. The molecule has 4 heteroatoms. The highest BCUT2D eigenvalue weighted by molar-refractivity contribution is 7.11. The second-order valence-electron chi connectivity index (χ2n) is 5.08. The van der Waals surface area contributed by atoms with E-state index in [2.05, 4.69) is 24.1 Å². The Hall–Kier alpha value is -0.450. The van der Waals surface area contributed by atoms with E-state index in [9.17, 15) is 0 Å². The molecule has 1 aliphatic heterocycles. The Morgan fingerprint density at radius 1 is 1.35 bits per heavy atom. The minimum Gasteiger partial charge on any atom is -0.315 e. The molecule has 1 aliphatic rings. The molecule has 0 atom stereocenters. The molecule has 1 fully saturated rings. The van der Waals surface area contributed by atoms with Gasteiger partial charge in [-0.1, -0.05) is 13.8 Å². The lowest BCUT2D eigenvalue weighted by Crippen LogP contribution is -2.18. The fourth-order valence-electron chi connectivity index (χ4n) is 2.35.